The van der Waals surface area contributed by atoms with Crippen molar-refractivity contribution in [2.75, 3.05) is 12.4 Å². The molecule has 0 unspecified atom stereocenters. The lowest BCUT2D eigenvalue weighted by Gasteiger charge is -2.11. The van der Waals surface area contributed by atoms with Crippen molar-refractivity contribution in [3.8, 4) is 5.75 Å². The van der Waals surface area contributed by atoms with E-state index in [0.29, 0.717) is 10.8 Å². The Balaban J connectivity index is 2.33. The molecule has 0 spiro atoms. The van der Waals surface area contributed by atoms with E-state index in [9.17, 15) is 9.59 Å². The Bertz CT molecular complexity index is 748. The molecule has 0 heterocycles. The van der Waals surface area contributed by atoms with Crippen LogP contribution in [-0.4, -0.2) is 18.9 Å². The van der Waals surface area contributed by atoms with E-state index in [2.05, 4.69) is 5.32 Å². The molecule has 0 aliphatic carbocycles. The molecule has 7 heteroatoms. The molecule has 0 aliphatic heterocycles. The molecule has 5 nitrogen and oxygen atoms in total. The molecule has 2 amide bonds. The number of primary amides is 1. The molecule has 0 radical (unpaired) electrons. The summed E-state index contributed by atoms with van der Waals surface area (Å²) in [5.74, 6) is -0.736. The average molecular weight is 339 g/mol. The Labute approximate surface area is 137 Å². The normalized spacial score (nSPS) is 10.1. The highest BCUT2D eigenvalue weighted by Crippen LogP contribution is 2.27. The predicted molar refractivity (Wildman–Crippen MR) is 85.9 cm³/mol. The van der Waals surface area contributed by atoms with Gasteiger partial charge in [-0.05, 0) is 36.4 Å². The minimum absolute atomic E-state index is 0.239. The summed E-state index contributed by atoms with van der Waals surface area (Å²) in [6.45, 7) is 0. The van der Waals surface area contributed by atoms with Gasteiger partial charge in [-0.15, -0.1) is 0 Å². The van der Waals surface area contributed by atoms with Crippen molar-refractivity contribution in [1.29, 1.82) is 0 Å². The Morgan fingerprint density at radius 2 is 1.86 bits per heavy atom. The molecular formula is C15H12Cl2N2O3. The smallest absolute Gasteiger partial charge is 0.259 e. The first-order chi connectivity index (χ1) is 10.4. The van der Waals surface area contributed by atoms with E-state index in [1.165, 1.54) is 37.4 Å². The third-order valence-electron chi connectivity index (χ3n) is 2.91. The number of hydrogen-bond donors (Lipinski definition) is 2. The Hall–Kier alpha value is -2.24. The summed E-state index contributed by atoms with van der Waals surface area (Å²) in [5, 5.41) is 3.34. The van der Waals surface area contributed by atoms with Crippen molar-refractivity contribution in [2.45, 2.75) is 0 Å². The lowest BCUT2D eigenvalue weighted by atomic mass is 10.1. The number of halogens is 2. The Morgan fingerprint density at radius 1 is 1.14 bits per heavy atom. The number of anilines is 1. The molecule has 114 valence electrons. The van der Waals surface area contributed by atoms with E-state index < -0.39 is 11.8 Å². The summed E-state index contributed by atoms with van der Waals surface area (Å²) in [6.07, 6.45) is 0. The van der Waals surface area contributed by atoms with Gasteiger partial charge in [0.15, 0.2) is 0 Å². The highest BCUT2D eigenvalue weighted by Gasteiger charge is 2.15. The van der Waals surface area contributed by atoms with Gasteiger partial charge in [-0.25, -0.2) is 0 Å². The maximum Gasteiger partial charge on any atom is 0.259 e. The second kappa shape index (κ2) is 6.68. The molecule has 2 aromatic carbocycles. The number of rotatable bonds is 4. The van der Waals surface area contributed by atoms with E-state index in [1.54, 1.807) is 6.07 Å². The molecule has 2 rings (SSSR count). The fraction of sp³-hybridized carbons (Fsp3) is 0.0667. The number of methoxy groups -OCH3 is 1. The third-order valence-corrected chi connectivity index (χ3v) is 3.47. The number of carbonyl (C=O) groups is 2. The van der Waals surface area contributed by atoms with Crippen LogP contribution >= 0.6 is 23.2 Å². The van der Waals surface area contributed by atoms with Gasteiger partial charge in [-0.2, -0.15) is 0 Å². The standard InChI is InChI=1S/C15H12Cl2N2O3/c1-22-13-7-9(16)3-4-10(13)15(21)19-12-6-8(14(18)20)2-5-11(12)17/h2-7H,1H3,(H2,18,20)(H,19,21). The zero-order chi connectivity index (χ0) is 16.3. The van der Waals surface area contributed by atoms with Crippen LogP contribution < -0.4 is 15.8 Å². The molecule has 0 bridgehead atoms. The number of benzene rings is 2. The van der Waals surface area contributed by atoms with Crippen LogP contribution in [0.2, 0.25) is 10.0 Å². The number of nitrogens with one attached hydrogen (secondary N) is 1. The van der Waals surface area contributed by atoms with Gasteiger partial charge < -0.3 is 15.8 Å². The fourth-order valence-electron chi connectivity index (χ4n) is 1.82. The first-order valence-electron chi connectivity index (χ1n) is 6.16. The number of amides is 2. The maximum absolute atomic E-state index is 12.3. The van der Waals surface area contributed by atoms with Crippen molar-refractivity contribution in [3.05, 3.63) is 57.6 Å². The van der Waals surface area contributed by atoms with Gasteiger partial charge in [0.1, 0.15) is 5.75 Å². The molecule has 0 aromatic heterocycles. The molecule has 0 saturated heterocycles. The molecule has 0 atom stereocenters. The van der Waals surface area contributed by atoms with E-state index in [-0.39, 0.29) is 21.8 Å². The zero-order valence-corrected chi connectivity index (χ0v) is 13.0. The average Bonchev–Trinajstić information content (AvgIpc) is 2.48. The van der Waals surface area contributed by atoms with Gasteiger partial charge in [0.05, 0.1) is 23.4 Å². The Morgan fingerprint density at radius 3 is 2.50 bits per heavy atom. The molecule has 22 heavy (non-hydrogen) atoms. The lowest BCUT2D eigenvalue weighted by Crippen LogP contribution is -2.15. The fourth-order valence-corrected chi connectivity index (χ4v) is 2.14. The number of ether oxygens (including phenoxy) is 1. The third kappa shape index (κ3) is 3.50. The van der Waals surface area contributed by atoms with E-state index in [0.717, 1.165) is 0 Å². The first kappa shape index (κ1) is 16.1. The van der Waals surface area contributed by atoms with Crippen molar-refractivity contribution in [2.24, 2.45) is 5.73 Å². The van der Waals surface area contributed by atoms with E-state index >= 15 is 0 Å². The summed E-state index contributed by atoms with van der Waals surface area (Å²) in [7, 11) is 1.43. The van der Waals surface area contributed by atoms with Crippen LogP contribution in [0.4, 0.5) is 5.69 Å². The van der Waals surface area contributed by atoms with E-state index in [4.69, 9.17) is 33.7 Å². The summed E-state index contributed by atoms with van der Waals surface area (Å²) < 4.78 is 5.12. The van der Waals surface area contributed by atoms with Crippen LogP contribution in [0.25, 0.3) is 0 Å². The Kier molecular flexibility index (Phi) is 4.90. The zero-order valence-electron chi connectivity index (χ0n) is 11.5. The second-order valence-electron chi connectivity index (χ2n) is 4.36. The van der Waals surface area contributed by atoms with Gasteiger partial charge in [0.2, 0.25) is 5.91 Å². The van der Waals surface area contributed by atoms with Crippen molar-refractivity contribution in [1.82, 2.24) is 0 Å². The summed E-state index contributed by atoms with van der Waals surface area (Å²) >= 11 is 11.9. The van der Waals surface area contributed by atoms with Crippen molar-refractivity contribution < 1.29 is 14.3 Å². The largest absolute Gasteiger partial charge is 0.496 e. The molecule has 0 aliphatic rings. The maximum atomic E-state index is 12.3. The highest BCUT2D eigenvalue weighted by molar-refractivity contribution is 6.34. The molecule has 0 fully saturated rings. The van der Waals surface area contributed by atoms with Crippen molar-refractivity contribution in [3.63, 3.8) is 0 Å². The predicted octanol–water partition coefficient (Wildman–Crippen LogP) is 3.35. The molecular weight excluding hydrogens is 327 g/mol. The van der Waals surface area contributed by atoms with Crippen LogP contribution in [0.5, 0.6) is 5.75 Å². The number of carbonyl (C=O) groups excluding carboxylic acids is 2. The van der Waals surface area contributed by atoms with Crippen molar-refractivity contribution >= 4 is 40.7 Å². The molecule has 3 N–H and O–H groups in total. The molecule has 2 aromatic rings. The van der Waals surface area contributed by atoms with Crippen LogP contribution in [0, 0.1) is 0 Å². The van der Waals surface area contributed by atoms with Crippen LogP contribution in [-0.2, 0) is 0 Å². The number of nitrogens with two attached hydrogens (primary N) is 1. The lowest BCUT2D eigenvalue weighted by molar-refractivity contribution is 0.0995. The minimum Gasteiger partial charge on any atom is -0.496 e. The second-order valence-corrected chi connectivity index (χ2v) is 5.20. The van der Waals surface area contributed by atoms with Gasteiger partial charge >= 0.3 is 0 Å². The first-order valence-corrected chi connectivity index (χ1v) is 6.92. The van der Waals surface area contributed by atoms with E-state index in [1.807, 2.05) is 0 Å². The van der Waals surface area contributed by atoms with Crippen LogP contribution in [0.15, 0.2) is 36.4 Å². The quantitative estimate of drug-likeness (QED) is 0.896. The van der Waals surface area contributed by atoms with Crippen LogP contribution in [0.1, 0.15) is 20.7 Å². The number of hydrogen-bond acceptors (Lipinski definition) is 3. The van der Waals surface area contributed by atoms with Gasteiger partial charge in [-0.1, -0.05) is 23.2 Å². The summed E-state index contributed by atoms with van der Waals surface area (Å²) in [6, 6.07) is 8.99. The SMILES string of the molecule is COc1cc(Cl)ccc1C(=O)Nc1cc(C(N)=O)ccc1Cl. The minimum atomic E-state index is -0.615. The summed E-state index contributed by atoms with van der Waals surface area (Å²) in [5.41, 5.74) is 6.01. The molecule has 0 saturated carbocycles. The van der Waals surface area contributed by atoms with Gasteiger partial charge in [0.25, 0.3) is 5.91 Å². The van der Waals surface area contributed by atoms with Gasteiger partial charge in [0, 0.05) is 10.6 Å². The monoisotopic (exact) mass is 338 g/mol. The highest BCUT2D eigenvalue weighted by atomic mass is 35.5. The summed E-state index contributed by atoms with van der Waals surface area (Å²) in [4.78, 5) is 23.5. The van der Waals surface area contributed by atoms with Gasteiger partial charge in [-0.3, -0.25) is 9.59 Å². The van der Waals surface area contributed by atoms with Crippen LogP contribution in [0.3, 0.4) is 0 Å². The topological polar surface area (TPSA) is 81.4 Å².